The van der Waals surface area contributed by atoms with E-state index in [2.05, 4.69) is 39.6 Å². The smallest absolute Gasteiger partial charge is 0.228 e. The number of nitrogens with zero attached hydrogens (tertiary/aromatic N) is 3. The monoisotopic (exact) mass is 421 g/mol. The van der Waals surface area contributed by atoms with Gasteiger partial charge in [0, 0.05) is 43.2 Å². The molecule has 0 amide bonds. The number of aromatic nitrogens is 2. The van der Waals surface area contributed by atoms with E-state index in [0.717, 1.165) is 30.9 Å². The molecule has 7 nitrogen and oxygen atoms in total. The predicted octanol–water partition coefficient (Wildman–Crippen LogP) is 3.53. The van der Waals surface area contributed by atoms with Crippen molar-refractivity contribution in [3.8, 4) is 11.4 Å². The van der Waals surface area contributed by atoms with Gasteiger partial charge in [-0.15, -0.1) is 0 Å². The Morgan fingerprint density at radius 2 is 2.00 bits per heavy atom. The first-order valence-electron chi connectivity index (χ1n) is 10.2. The standard InChI is InChI=1S/C21H32ClN5O2/c1-4-23-21(25-14-16(10-12-28)13-15(2)3)24-11-9-19-26-20(27-29-19)17-5-7-18(22)8-6-17/h5-8,15-16,28H,4,9-14H2,1-3H3,(H2,23,24,25). The van der Waals surface area contributed by atoms with Crippen LogP contribution in [-0.2, 0) is 6.42 Å². The van der Waals surface area contributed by atoms with E-state index in [0.29, 0.717) is 48.1 Å². The van der Waals surface area contributed by atoms with Crippen molar-refractivity contribution in [2.24, 2.45) is 16.8 Å². The molecule has 1 aromatic carbocycles. The molecule has 0 radical (unpaired) electrons. The van der Waals surface area contributed by atoms with E-state index in [-0.39, 0.29) is 6.61 Å². The van der Waals surface area contributed by atoms with E-state index in [1.54, 1.807) is 12.1 Å². The van der Waals surface area contributed by atoms with Gasteiger partial charge in [0.25, 0.3) is 0 Å². The molecule has 29 heavy (non-hydrogen) atoms. The molecule has 0 aliphatic rings. The third-order valence-corrected chi connectivity index (χ3v) is 4.65. The predicted molar refractivity (Wildman–Crippen MR) is 117 cm³/mol. The molecule has 0 fully saturated rings. The van der Waals surface area contributed by atoms with Gasteiger partial charge in [-0.2, -0.15) is 4.98 Å². The van der Waals surface area contributed by atoms with Crippen LogP contribution in [0.1, 0.15) is 39.5 Å². The number of nitrogens with one attached hydrogen (secondary N) is 2. The molecule has 3 N–H and O–H groups in total. The maximum atomic E-state index is 9.27. The molecule has 160 valence electrons. The summed E-state index contributed by atoms with van der Waals surface area (Å²) >= 11 is 5.91. The number of benzene rings is 1. The molecule has 0 saturated heterocycles. The Morgan fingerprint density at radius 1 is 1.24 bits per heavy atom. The molecule has 1 unspecified atom stereocenters. The lowest BCUT2D eigenvalue weighted by molar-refractivity contribution is 0.245. The third kappa shape index (κ3) is 8.41. The van der Waals surface area contributed by atoms with Crippen molar-refractivity contribution in [1.29, 1.82) is 0 Å². The zero-order chi connectivity index (χ0) is 21.1. The van der Waals surface area contributed by atoms with Crippen LogP contribution in [-0.4, -0.2) is 47.4 Å². The Hall–Kier alpha value is -2.12. The van der Waals surface area contributed by atoms with Crippen molar-refractivity contribution in [2.75, 3.05) is 26.2 Å². The molecule has 1 heterocycles. The number of rotatable bonds is 11. The molecule has 2 aromatic rings. The van der Waals surface area contributed by atoms with Crippen molar-refractivity contribution in [2.45, 2.75) is 40.0 Å². The molecule has 0 saturated carbocycles. The van der Waals surface area contributed by atoms with Crippen molar-refractivity contribution >= 4 is 17.6 Å². The minimum Gasteiger partial charge on any atom is -0.396 e. The number of aliphatic imine (C=N–C) groups is 1. The highest BCUT2D eigenvalue weighted by Gasteiger charge is 2.11. The molecule has 0 aliphatic heterocycles. The van der Waals surface area contributed by atoms with Gasteiger partial charge in [-0.05, 0) is 55.9 Å². The van der Waals surface area contributed by atoms with Gasteiger partial charge < -0.3 is 20.3 Å². The summed E-state index contributed by atoms with van der Waals surface area (Å²) in [6, 6.07) is 7.34. The number of hydrogen-bond acceptors (Lipinski definition) is 5. The van der Waals surface area contributed by atoms with Crippen molar-refractivity contribution < 1.29 is 9.63 Å². The molecule has 2 rings (SSSR count). The number of guanidine groups is 1. The molecular formula is C21H32ClN5O2. The summed E-state index contributed by atoms with van der Waals surface area (Å²) in [5.41, 5.74) is 0.868. The first-order valence-corrected chi connectivity index (χ1v) is 10.6. The summed E-state index contributed by atoms with van der Waals surface area (Å²) in [6.07, 6.45) is 2.42. The Balaban J connectivity index is 1.87. The van der Waals surface area contributed by atoms with E-state index < -0.39 is 0 Å². The van der Waals surface area contributed by atoms with Crippen molar-refractivity contribution in [3.63, 3.8) is 0 Å². The van der Waals surface area contributed by atoms with E-state index in [1.165, 1.54) is 0 Å². The molecule has 1 atom stereocenters. The summed E-state index contributed by atoms with van der Waals surface area (Å²) in [7, 11) is 0. The van der Waals surface area contributed by atoms with Crippen LogP contribution in [0.5, 0.6) is 0 Å². The van der Waals surface area contributed by atoms with Crippen LogP contribution in [0.3, 0.4) is 0 Å². The minimum absolute atomic E-state index is 0.198. The van der Waals surface area contributed by atoms with Gasteiger partial charge in [0.1, 0.15) is 0 Å². The van der Waals surface area contributed by atoms with Gasteiger partial charge >= 0.3 is 0 Å². The Labute approximate surface area is 178 Å². The first-order chi connectivity index (χ1) is 14.0. The average Bonchev–Trinajstić information content (AvgIpc) is 3.15. The van der Waals surface area contributed by atoms with Crippen LogP contribution in [0, 0.1) is 11.8 Å². The maximum Gasteiger partial charge on any atom is 0.228 e. The van der Waals surface area contributed by atoms with Crippen LogP contribution >= 0.6 is 11.6 Å². The lowest BCUT2D eigenvalue weighted by Gasteiger charge is -2.17. The fourth-order valence-corrected chi connectivity index (χ4v) is 3.18. The topological polar surface area (TPSA) is 95.6 Å². The number of hydrogen-bond donors (Lipinski definition) is 3. The normalized spacial score (nSPS) is 13.0. The fraction of sp³-hybridized carbons (Fsp3) is 0.571. The number of aliphatic hydroxyl groups excluding tert-OH is 1. The largest absolute Gasteiger partial charge is 0.396 e. The second-order valence-corrected chi connectivity index (χ2v) is 7.86. The summed E-state index contributed by atoms with van der Waals surface area (Å²) in [5.74, 6) is 2.85. The highest BCUT2D eigenvalue weighted by molar-refractivity contribution is 6.30. The summed E-state index contributed by atoms with van der Waals surface area (Å²) in [4.78, 5) is 9.12. The first kappa shape index (κ1) is 23.2. The minimum atomic E-state index is 0.198. The molecule has 0 spiro atoms. The van der Waals surface area contributed by atoms with Crippen LogP contribution in [0.25, 0.3) is 11.4 Å². The molecule has 8 heteroatoms. The van der Waals surface area contributed by atoms with E-state index in [1.807, 2.05) is 19.1 Å². The van der Waals surface area contributed by atoms with Gasteiger partial charge in [0.15, 0.2) is 5.96 Å². The Bertz CT molecular complexity index is 746. The number of aliphatic hydroxyl groups is 1. The number of halogens is 1. The maximum absolute atomic E-state index is 9.27. The van der Waals surface area contributed by atoms with Gasteiger partial charge in [-0.25, -0.2) is 0 Å². The lowest BCUT2D eigenvalue weighted by atomic mass is 9.94. The van der Waals surface area contributed by atoms with Crippen LogP contribution in [0.15, 0.2) is 33.8 Å². The average molecular weight is 422 g/mol. The zero-order valence-electron chi connectivity index (χ0n) is 17.5. The van der Waals surface area contributed by atoms with E-state index >= 15 is 0 Å². The van der Waals surface area contributed by atoms with Crippen LogP contribution in [0.4, 0.5) is 0 Å². The van der Waals surface area contributed by atoms with Gasteiger partial charge in [0.2, 0.25) is 11.7 Å². The zero-order valence-corrected chi connectivity index (χ0v) is 18.2. The fourth-order valence-electron chi connectivity index (χ4n) is 3.06. The second-order valence-electron chi connectivity index (χ2n) is 7.42. The van der Waals surface area contributed by atoms with E-state index in [4.69, 9.17) is 16.1 Å². The molecular weight excluding hydrogens is 390 g/mol. The second kappa shape index (κ2) is 12.4. The molecule has 0 bridgehead atoms. The highest BCUT2D eigenvalue weighted by atomic mass is 35.5. The van der Waals surface area contributed by atoms with Crippen LogP contribution in [0.2, 0.25) is 5.02 Å². The summed E-state index contributed by atoms with van der Waals surface area (Å²) in [5, 5.41) is 20.5. The SMILES string of the molecule is CCNC(=NCC(CCO)CC(C)C)NCCc1nc(-c2ccc(Cl)cc2)no1. The van der Waals surface area contributed by atoms with Gasteiger partial charge in [0.05, 0.1) is 0 Å². The van der Waals surface area contributed by atoms with Crippen molar-refractivity contribution in [1.82, 2.24) is 20.8 Å². The third-order valence-electron chi connectivity index (χ3n) is 4.40. The Kier molecular flexibility index (Phi) is 9.94. The van der Waals surface area contributed by atoms with Gasteiger partial charge in [-0.1, -0.05) is 30.6 Å². The summed E-state index contributed by atoms with van der Waals surface area (Å²) in [6.45, 7) is 8.72. The van der Waals surface area contributed by atoms with Crippen molar-refractivity contribution in [3.05, 3.63) is 35.2 Å². The quantitative estimate of drug-likeness (QED) is 0.379. The summed E-state index contributed by atoms with van der Waals surface area (Å²) < 4.78 is 5.34. The van der Waals surface area contributed by atoms with Crippen LogP contribution < -0.4 is 10.6 Å². The highest BCUT2D eigenvalue weighted by Crippen LogP contribution is 2.18. The van der Waals surface area contributed by atoms with Gasteiger partial charge in [-0.3, -0.25) is 4.99 Å². The Morgan fingerprint density at radius 3 is 2.66 bits per heavy atom. The van der Waals surface area contributed by atoms with E-state index in [9.17, 15) is 5.11 Å². The molecule has 1 aromatic heterocycles. The molecule has 0 aliphatic carbocycles. The lowest BCUT2D eigenvalue weighted by Crippen LogP contribution is -2.38.